The van der Waals surface area contributed by atoms with Crippen LogP contribution >= 0.6 is 0 Å². The average molecular weight is 585 g/mol. The molecule has 1 aromatic carbocycles. The van der Waals surface area contributed by atoms with Crippen molar-refractivity contribution in [2.24, 2.45) is 17.8 Å². The van der Waals surface area contributed by atoms with Gasteiger partial charge in [0.2, 0.25) is 0 Å². The van der Waals surface area contributed by atoms with Crippen LogP contribution in [-0.4, -0.2) is 47.1 Å². The van der Waals surface area contributed by atoms with Crippen LogP contribution in [0.5, 0.6) is 0 Å². The minimum absolute atomic E-state index is 0.0263. The zero-order valence-corrected chi connectivity index (χ0v) is 26.1. The van der Waals surface area contributed by atoms with E-state index in [1.807, 2.05) is 18.2 Å². The van der Waals surface area contributed by atoms with Gasteiger partial charge in [0.25, 0.3) is 0 Å². The molecule has 0 bridgehead atoms. The quantitative estimate of drug-likeness (QED) is 0.0832. The third kappa shape index (κ3) is 13.7. The smallest absolute Gasteiger partial charge is 0.313 e. The Morgan fingerprint density at radius 1 is 1.00 bits per heavy atom. The summed E-state index contributed by atoms with van der Waals surface area (Å²) in [5, 5.41) is 21.8. The van der Waals surface area contributed by atoms with E-state index >= 15 is 0 Å². The number of esters is 2. The predicted molar refractivity (Wildman–Crippen MR) is 169 cm³/mol. The van der Waals surface area contributed by atoms with E-state index in [2.05, 4.69) is 37.8 Å². The highest BCUT2D eigenvalue weighted by Gasteiger charge is 2.44. The number of ether oxygens (including phenoxy) is 2. The van der Waals surface area contributed by atoms with E-state index in [0.717, 1.165) is 38.5 Å². The second-order valence-electron chi connectivity index (χ2n) is 11.8. The van der Waals surface area contributed by atoms with E-state index in [-0.39, 0.29) is 35.8 Å². The molecule has 0 heterocycles. The summed E-state index contributed by atoms with van der Waals surface area (Å²) in [4.78, 5) is 24.8. The number of benzene rings is 1. The number of unbranched alkanes of at least 4 members (excludes halogenated alkanes) is 5. The first-order valence-corrected chi connectivity index (χ1v) is 16.4. The number of hydrogen-bond donors (Lipinski definition) is 2. The topological polar surface area (TPSA) is 93.1 Å². The number of rotatable bonds is 22. The monoisotopic (exact) mass is 584 g/mol. The lowest BCUT2D eigenvalue weighted by Gasteiger charge is -2.26. The molecule has 1 fully saturated rings. The minimum atomic E-state index is -0.581. The summed E-state index contributed by atoms with van der Waals surface area (Å²) < 4.78 is 11.1. The summed E-state index contributed by atoms with van der Waals surface area (Å²) in [6, 6.07) is 10.2. The summed E-state index contributed by atoms with van der Waals surface area (Å²) in [7, 11) is 0. The largest absolute Gasteiger partial charge is 0.466 e. The maximum absolute atomic E-state index is 13.2. The molecule has 0 aromatic heterocycles. The Kier molecular flexibility index (Phi) is 18.1. The lowest BCUT2D eigenvalue weighted by Crippen LogP contribution is -2.28. The molecular formula is C36H56O6. The van der Waals surface area contributed by atoms with E-state index in [1.165, 1.54) is 24.8 Å². The van der Waals surface area contributed by atoms with Gasteiger partial charge >= 0.3 is 11.9 Å². The van der Waals surface area contributed by atoms with Crippen molar-refractivity contribution in [1.29, 1.82) is 0 Å². The summed E-state index contributed by atoms with van der Waals surface area (Å²) in [5.41, 5.74) is 1.21. The van der Waals surface area contributed by atoms with E-state index in [4.69, 9.17) is 9.47 Å². The van der Waals surface area contributed by atoms with Gasteiger partial charge in [0.15, 0.2) is 0 Å². The fourth-order valence-corrected chi connectivity index (χ4v) is 6.03. The number of aryl methyl sites for hydroxylation is 1. The number of allylic oxidation sites excluding steroid dienone is 2. The molecular weight excluding hydrogens is 528 g/mol. The molecule has 2 N–H and O–H groups in total. The van der Waals surface area contributed by atoms with Gasteiger partial charge in [-0.05, 0) is 69.8 Å². The van der Waals surface area contributed by atoms with Crippen LogP contribution in [0.4, 0.5) is 0 Å². The third-order valence-corrected chi connectivity index (χ3v) is 8.54. The van der Waals surface area contributed by atoms with Gasteiger partial charge in [-0.2, -0.15) is 0 Å². The summed E-state index contributed by atoms with van der Waals surface area (Å²) in [6.45, 7) is 8.28. The van der Waals surface area contributed by atoms with Crippen LogP contribution in [0.2, 0.25) is 0 Å². The van der Waals surface area contributed by atoms with Gasteiger partial charge in [-0.15, -0.1) is 6.58 Å². The molecule has 1 aliphatic carbocycles. The normalized spacial score (nSPS) is 21.7. The Morgan fingerprint density at radius 2 is 1.76 bits per heavy atom. The maximum atomic E-state index is 13.2. The molecule has 6 heteroatoms. The third-order valence-electron chi connectivity index (χ3n) is 8.54. The van der Waals surface area contributed by atoms with Crippen molar-refractivity contribution >= 4 is 11.9 Å². The van der Waals surface area contributed by atoms with Crippen molar-refractivity contribution in [3.63, 3.8) is 0 Å². The molecule has 1 aromatic rings. The molecule has 42 heavy (non-hydrogen) atoms. The number of carbonyl (C=O) groups is 2. The molecule has 0 radical (unpaired) electrons. The molecule has 1 unspecified atom stereocenters. The molecule has 0 amide bonds. The highest BCUT2D eigenvalue weighted by atomic mass is 16.5. The van der Waals surface area contributed by atoms with Crippen molar-refractivity contribution in [2.45, 2.75) is 128 Å². The standard InChI is InChI=1S/C36H56O6/c1-4-7-8-9-15-20-29(5-2)36(40)42-34-27-33(38)31(26-25-30(37)24-23-28-18-13-12-14-19-28)32(34)21-16-10-11-17-22-35(39)41-6-3/h5,10,12-14,16,18-19,29-34,37-38H,2,4,6-9,11,15,17,20-27H2,1,3H3/b16-10-/t29?,30-,31+,32+,33+,34-/m0/s1. The van der Waals surface area contributed by atoms with E-state index in [1.54, 1.807) is 13.0 Å². The van der Waals surface area contributed by atoms with E-state index in [0.29, 0.717) is 45.1 Å². The molecule has 236 valence electrons. The number of hydrogen-bond acceptors (Lipinski definition) is 6. The Morgan fingerprint density at radius 3 is 2.48 bits per heavy atom. The Labute approximate surface area is 254 Å². The van der Waals surface area contributed by atoms with Gasteiger partial charge in [0.05, 0.1) is 24.7 Å². The van der Waals surface area contributed by atoms with Crippen molar-refractivity contribution in [3.8, 4) is 0 Å². The van der Waals surface area contributed by atoms with Crippen LogP contribution in [0.25, 0.3) is 0 Å². The average Bonchev–Trinajstić information content (AvgIpc) is 3.28. The van der Waals surface area contributed by atoms with Crippen LogP contribution in [0.1, 0.15) is 109 Å². The van der Waals surface area contributed by atoms with Crippen LogP contribution in [0, 0.1) is 17.8 Å². The summed E-state index contributed by atoms with van der Waals surface area (Å²) >= 11 is 0. The van der Waals surface area contributed by atoms with Gasteiger partial charge in [-0.3, -0.25) is 9.59 Å². The fourth-order valence-electron chi connectivity index (χ4n) is 6.03. The first-order valence-electron chi connectivity index (χ1n) is 16.4. The number of aliphatic hydroxyl groups is 2. The lowest BCUT2D eigenvalue weighted by molar-refractivity contribution is -0.154. The highest BCUT2D eigenvalue weighted by molar-refractivity contribution is 5.74. The maximum Gasteiger partial charge on any atom is 0.313 e. The zero-order valence-electron chi connectivity index (χ0n) is 26.1. The first-order chi connectivity index (χ1) is 20.4. The van der Waals surface area contributed by atoms with Gasteiger partial charge < -0.3 is 19.7 Å². The Hall–Kier alpha value is -2.44. The van der Waals surface area contributed by atoms with Crippen LogP contribution in [0.3, 0.4) is 0 Å². The SMILES string of the molecule is C=CC(CCCCCCC)C(=O)O[C@H]1C[C@@H](O)[C@H](CC[C@@H](O)CCc2ccccc2)[C@H]1C/C=C\CCCC(=O)OCC. The summed E-state index contributed by atoms with van der Waals surface area (Å²) in [6.07, 6.45) is 16.6. The van der Waals surface area contributed by atoms with Crippen LogP contribution in [0.15, 0.2) is 55.1 Å². The van der Waals surface area contributed by atoms with Crippen molar-refractivity contribution in [1.82, 2.24) is 0 Å². The molecule has 1 saturated carbocycles. The lowest BCUT2D eigenvalue weighted by atomic mass is 9.85. The van der Waals surface area contributed by atoms with E-state index in [9.17, 15) is 19.8 Å². The minimum Gasteiger partial charge on any atom is -0.466 e. The number of carbonyl (C=O) groups excluding carboxylic acids is 2. The van der Waals surface area contributed by atoms with Gasteiger partial charge in [0, 0.05) is 18.8 Å². The highest BCUT2D eigenvalue weighted by Crippen LogP contribution is 2.41. The predicted octanol–water partition coefficient (Wildman–Crippen LogP) is 7.51. The van der Waals surface area contributed by atoms with Gasteiger partial charge in [-0.1, -0.05) is 87.6 Å². The zero-order chi connectivity index (χ0) is 30.6. The van der Waals surface area contributed by atoms with E-state index < -0.39 is 12.2 Å². The second kappa shape index (κ2) is 21.3. The molecule has 0 spiro atoms. The number of aliphatic hydroxyl groups excluding tert-OH is 2. The molecule has 0 aliphatic heterocycles. The molecule has 2 rings (SSSR count). The molecule has 0 saturated heterocycles. The molecule has 1 aliphatic rings. The first kappa shape index (κ1) is 35.8. The van der Waals surface area contributed by atoms with Gasteiger partial charge in [-0.25, -0.2) is 0 Å². The molecule has 6 nitrogen and oxygen atoms in total. The molecule has 6 atom stereocenters. The Balaban J connectivity index is 1.97. The van der Waals surface area contributed by atoms with Crippen molar-refractivity contribution < 1.29 is 29.3 Å². The summed E-state index contributed by atoms with van der Waals surface area (Å²) in [5.74, 6) is -0.840. The second-order valence-corrected chi connectivity index (χ2v) is 11.8. The van der Waals surface area contributed by atoms with Crippen LogP contribution < -0.4 is 0 Å². The van der Waals surface area contributed by atoms with Crippen LogP contribution in [-0.2, 0) is 25.5 Å². The van der Waals surface area contributed by atoms with Crippen molar-refractivity contribution in [2.75, 3.05) is 6.61 Å². The van der Waals surface area contributed by atoms with Gasteiger partial charge in [0.1, 0.15) is 6.10 Å². The Bertz CT molecular complexity index is 913. The fraction of sp³-hybridized carbons (Fsp3) is 0.667. The van der Waals surface area contributed by atoms with Crippen molar-refractivity contribution in [3.05, 3.63) is 60.7 Å².